The largest absolute Gasteiger partial charge is 0.481 e. The Labute approximate surface area is 417 Å². The van der Waals surface area contributed by atoms with E-state index in [1.165, 1.54) is 0 Å². The summed E-state index contributed by atoms with van der Waals surface area (Å²) in [6.07, 6.45) is -1.50. The standard InChI is InChI=1S/C52H64N8O12/c1-30(2)44(60-46(64)42(23-24-43(61)62)59-51(70)72-29-40-38-12-7-5-10-36(38)37-11-6-8-13-39(37)40)47(65)58-41(14-9-25-55-49(54)68)45(63)56-34-21-17-32(18-22-34)28-71-50(69)57-35-19-15-31(16-20-35)26-33(53)27-52(3,4)48(66)67/h5-8,10-13,15-22,30,33,40-42,44H,9,14,23-29,53H2,1-4H3,(H,56,63)(H,57,69)(H,58,65)(H,59,70)(H,60,64)(H,61,62)(H,66,67)(H3,54,55,68). The van der Waals surface area contributed by atoms with Gasteiger partial charge in [0.15, 0.2) is 0 Å². The molecule has 0 heterocycles. The molecule has 5 rings (SSSR count). The van der Waals surface area contributed by atoms with Crippen LogP contribution in [0.15, 0.2) is 97.1 Å². The summed E-state index contributed by atoms with van der Waals surface area (Å²) < 4.78 is 11.0. The smallest absolute Gasteiger partial charge is 0.411 e. The highest BCUT2D eigenvalue weighted by Gasteiger charge is 2.34. The second-order valence-electron chi connectivity index (χ2n) is 18.6. The number of nitrogens with one attached hydrogen (secondary N) is 6. The van der Waals surface area contributed by atoms with Gasteiger partial charge in [0.25, 0.3) is 0 Å². The summed E-state index contributed by atoms with van der Waals surface area (Å²) in [7, 11) is 0. The zero-order chi connectivity index (χ0) is 52.5. The van der Waals surface area contributed by atoms with E-state index in [0.29, 0.717) is 23.4 Å². The first-order valence-electron chi connectivity index (χ1n) is 23.6. The van der Waals surface area contributed by atoms with E-state index < -0.39 is 83.8 Å². The molecule has 1 aliphatic carbocycles. The van der Waals surface area contributed by atoms with Gasteiger partial charge in [-0.25, -0.2) is 14.4 Å². The lowest BCUT2D eigenvalue weighted by molar-refractivity contribution is -0.147. The average Bonchev–Trinajstić information content (AvgIpc) is 3.65. The molecular weight excluding hydrogens is 929 g/mol. The van der Waals surface area contributed by atoms with Crippen molar-refractivity contribution >= 4 is 59.3 Å². The van der Waals surface area contributed by atoms with Crippen LogP contribution < -0.4 is 43.4 Å². The van der Waals surface area contributed by atoms with E-state index >= 15 is 0 Å². The first-order chi connectivity index (χ1) is 34.2. The molecule has 1 aliphatic rings. The molecule has 384 valence electrons. The Morgan fingerprint density at radius 1 is 0.667 bits per heavy atom. The summed E-state index contributed by atoms with van der Waals surface area (Å²) in [5, 5.41) is 34.5. The Bertz CT molecular complexity index is 2520. The molecule has 0 saturated carbocycles. The number of ether oxygens (including phenoxy) is 2. The van der Waals surface area contributed by atoms with Crippen LogP contribution in [0.5, 0.6) is 0 Å². The molecule has 72 heavy (non-hydrogen) atoms. The van der Waals surface area contributed by atoms with Gasteiger partial charge in [0.1, 0.15) is 31.3 Å². The lowest BCUT2D eigenvalue weighted by Crippen LogP contribution is -2.58. The van der Waals surface area contributed by atoms with E-state index in [2.05, 4.69) is 31.9 Å². The van der Waals surface area contributed by atoms with E-state index in [4.69, 9.17) is 20.9 Å². The molecule has 0 aliphatic heterocycles. The van der Waals surface area contributed by atoms with Gasteiger partial charge >= 0.3 is 30.2 Å². The third-order valence-electron chi connectivity index (χ3n) is 12.1. The molecule has 0 saturated heterocycles. The van der Waals surface area contributed by atoms with Gasteiger partial charge in [0.05, 0.1) is 5.41 Å². The number of aliphatic carboxylic acids is 2. The Balaban J connectivity index is 1.16. The minimum Gasteiger partial charge on any atom is -0.481 e. The normalized spacial score (nSPS) is 13.5. The molecule has 0 aromatic heterocycles. The van der Waals surface area contributed by atoms with Crippen molar-refractivity contribution in [3.63, 3.8) is 0 Å². The van der Waals surface area contributed by atoms with Crippen molar-refractivity contribution in [1.82, 2.24) is 21.3 Å². The van der Waals surface area contributed by atoms with Gasteiger partial charge in [-0.1, -0.05) is 86.6 Å². The second-order valence-corrected chi connectivity index (χ2v) is 18.6. The molecule has 12 N–H and O–H groups in total. The number of nitrogens with two attached hydrogens (primary N) is 2. The number of benzene rings is 4. The Hall–Kier alpha value is -8.00. The number of rotatable bonds is 25. The van der Waals surface area contributed by atoms with Crippen molar-refractivity contribution in [2.45, 2.75) is 103 Å². The molecule has 0 radical (unpaired) electrons. The van der Waals surface area contributed by atoms with Crippen molar-refractivity contribution < 1.29 is 58.0 Å². The number of carboxylic acid groups (broad SMARTS) is 2. The van der Waals surface area contributed by atoms with Crippen molar-refractivity contribution in [2.24, 2.45) is 22.8 Å². The average molecular weight is 993 g/mol. The van der Waals surface area contributed by atoms with Gasteiger partial charge in [0.2, 0.25) is 17.7 Å². The summed E-state index contributed by atoms with van der Waals surface area (Å²) in [6, 6.07) is 23.8. The molecule has 4 aromatic carbocycles. The first kappa shape index (κ1) is 54.9. The van der Waals surface area contributed by atoms with E-state index in [-0.39, 0.29) is 57.4 Å². The van der Waals surface area contributed by atoms with Gasteiger partial charge in [-0.05, 0) is 110 Å². The quantitative estimate of drug-likeness (QED) is 0.0363. The fraction of sp³-hybridized carbons (Fsp3) is 0.385. The summed E-state index contributed by atoms with van der Waals surface area (Å²) >= 11 is 0. The molecule has 0 spiro atoms. The van der Waals surface area contributed by atoms with Crippen molar-refractivity contribution in [3.05, 3.63) is 119 Å². The summed E-state index contributed by atoms with van der Waals surface area (Å²) in [4.78, 5) is 102. The summed E-state index contributed by atoms with van der Waals surface area (Å²) in [5.41, 5.74) is 16.7. The number of anilines is 2. The van der Waals surface area contributed by atoms with E-state index in [9.17, 15) is 48.6 Å². The number of carboxylic acids is 2. The predicted octanol–water partition coefficient (Wildman–Crippen LogP) is 5.59. The van der Waals surface area contributed by atoms with Gasteiger partial charge in [0, 0.05) is 36.3 Å². The molecule has 7 amide bonds. The highest BCUT2D eigenvalue weighted by molar-refractivity contribution is 5.99. The number of urea groups is 1. The van der Waals surface area contributed by atoms with Crippen LogP contribution in [0, 0.1) is 11.3 Å². The van der Waals surface area contributed by atoms with E-state index in [1.807, 2.05) is 48.5 Å². The van der Waals surface area contributed by atoms with E-state index in [1.54, 1.807) is 76.2 Å². The summed E-state index contributed by atoms with van der Waals surface area (Å²) in [5.74, 6) is -5.20. The molecule has 20 nitrogen and oxygen atoms in total. The molecule has 20 heteroatoms. The van der Waals surface area contributed by atoms with Crippen LogP contribution in [-0.4, -0.2) is 95.4 Å². The van der Waals surface area contributed by atoms with Crippen LogP contribution in [0.2, 0.25) is 0 Å². The number of carbonyl (C=O) groups is 8. The number of hydrogen-bond donors (Lipinski definition) is 10. The van der Waals surface area contributed by atoms with Crippen molar-refractivity contribution in [1.29, 1.82) is 0 Å². The minimum atomic E-state index is -1.41. The number of primary amides is 1. The maximum atomic E-state index is 13.9. The number of carbonyl (C=O) groups excluding carboxylic acids is 6. The topological polar surface area (TPSA) is 320 Å². The van der Waals surface area contributed by atoms with Crippen LogP contribution in [0.3, 0.4) is 0 Å². The third kappa shape index (κ3) is 16.3. The van der Waals surface area contributed by atoms with Crippen LogP contribution in [0.1, 0.15) is 88.0 Å². The number of alkyl carbamates (subject to hydrolysis) is 1. The zero-order valence-electron chi connectivity index (χ0n) is 40.7. The number of fused-ring (bicyclic) bond motifs is 3. The summed E-state index contributed by atoms with van der Waals surface area (Å²) in [6.45, 7) is 6.47. The van der Waals surface area contributed by atoms with Crippen LogP contribution in [-0.2, 0) is 46.5 Å². The zero-order valence-corrected chi connectivity index (χ0v) is 40.7. The first-order valence-corrected chi connectivity index (χ1v) is 23.6. The van der Waals surface area contributed by atoms with Gasteiger partial charge in [-0.15, -0.1) is 0 Å². The Kier molecular flexibility index (Phi) is 19.6. The third-order valence-corrected chi connectivity index (χ3v) is 12.1. The Morgan fingerprint density at radius 2 is 1.24 bits per heavy atom. The molecule has 0 fully saturated rings. The van der Waals surface area contributed by atoms with Gasteiger partial charge in [-0.3, -0.25) is 29.3 Å². The molecular formula is C52H64N8O12. The van der Waals surface area contributed by atoms with Crippen molar-refractivity contribution in [2.75, 3.05) is 23.8 Å². The maximum Gasteiger partial charge on any atom is 0.411 e. The maximum absolute atomic E-state index is 13.9. The lowest BCUT2D eigenvalue weighted by Gasteiger charge is -2.27. The predicted molar refractivity (Wildman–Crippen MR) is 267 cm³/mol. The fourth-order valence-electron chi connectivity index (χ4n) is 8.21. The lowest BCUT2D eigenvalue weighted by atomic mass is 9.84. The molecule has 4 atom stereocenters. The Morgan fingerprint density at radius 3 is 1.81 bits per heavy atom. The highest BCUT2D eigenvalue weighted by Crippen LogP contribution is 2.44. The molecule has 0 bridgehead atoms. The van der Waals surface area contributed by atoms with Crippen LogP contribution >= 0.6 is 0 Å². The highest BCUT2D eigenvalue weighted by atomic mass is 16.6. The van der Waals surface area contributed by atoms with Gasteiger partial charge in [-0.2, -0.15) is 0 Å². The minimum absolute atomic E-state index is 0.0314. The van der Waals surface area contributed by atoms with Gasteiger partial charge < -0.3 is 57.7 Å². The van der Waals surface area contributed by atoms with Crippen molar-refractivity contribution in [3.8, 4) is 11.1 Å². The number of hydrogen-bond acceptors (Lipinski definition) is 11. The number of amides is 7. The van der Waals surface area contributed by atoms with Crippen LogP contribution in [0.4, 0.5) is 25.8 Å². The second kappa shape index (κ2) is 25.7. The van der Waals surface area contributed by atoms with Crippen LogP contribution in [0.25, 0.3) is 11.1 Å². The van der Waals surface area contributed by atoms with E-state index in [0.717, 1.165) is 27.8 Å². The molecule has 4 aromatic rings. The molecule has 4 unspecified atom stereocenters. The fourth-order valence-corrected chi connectivity index (χ4v) is 8.21. The monoisotopic (exact) mass is 992 g/mol. The SMILES string of the molecule is CC(C)C(NC(=O)C(CCC(=O)O)NC(=O)OCC1c2ccccc2-c2ccccc21)C(=O)NC(CCCNC(N)=O)C(=O)Nc1ccc(COC(=O)Nc2ccc(CC(N)CC(C)(C)C(=O)O)cc2)cc1.